The number of hydrogen-bond donors (Lipinski definition) is 1. The van der Waals surface area contributed by atoms with Gasteiger partial charge in [-0.25, -0.2) is 9.97 Å². The van der Waals surface area contributed by atoms with Crippen LogP contribution < -0.4 is 5.32 Å². The number of hydrogen-bond acceptors (Lipinski definition) is 3. The van der Waals surface area contributed by atoms with Gasteiger partial charge in [-0.1, -0.05) is 18.5 Å². The Hall–Kier alpha value is -1.04. The van der Waals surface area contributed by atoms with Gasteiger partial charge in [-0.05, 0) is 13.8 Å². The minimum atomic E-state index is -4.20. The molecule has 0 aliphatic carbocycles. The summed E-state index contributed by atoms with van der Waals surface area (Å²) in [6.07, 6.45) is -4.55. The molecule has 0 aromatic carbocycles. The maximum atomic E-state index is 12.2. The van der Waals surface area contributed by atoms with E-state index >= 15 is 0 Å². The van der Waals surface area contributed by atoms with Gasteiger partial charge in [0.25, 0.3) is 0 Å². The quantitative estimate of drug-likeness (QED) is 0.854. The average molecular weight is 282 g/mol. The average Bonchev–Trinajstić information content (AvgIpc) is 2.21. The predicted octanol–water partition coefficient (Wildman–Crippen LogP) is 3.75. The van der Waals surface area contributed by atoms with E-state index in [4.69, 9.17) is 11.6 Å². The van der Waals surface area contributed by atoms with Crippen molar-refractivity contribution in [2.45, 2.75) is 45.8 Å². The molecule has 102 valence electrons. The summed E-state index contributed by atoms with van der Waals surface area (Å²) in [5, 5.41) is 2.99. The topological polar surface area (TPSA) is 37.8 Å². The van der Waals surface area contributed by atoms with E-state index < -0.39 is 18.6 Å². The lowest BCUT2D eigenvalue weighted by Gasteiger charge is -2.18. The Balaban J connectivity index is 2.87. The summed E-state index contributed by atoms with van der Waals surface area (Å²) in [5.41, 5.74) is 0.558. The molecule has 0 fully saturated rings. The van der Waals surface area contributed by atoms with Gasteiger partial charge in [0.1, 0.15) is 16.8 Å². The third-order valence-corrected chi connectivity index (χ3v) is 2.74. The van der Waals surface area contributed by atoms with E-state index in [1.165, 1.54) is 6.92 Å². The molecule has 0 bridgehead atoms. The van der Waals surface area contributed by atoms with E-state index in [9.17, 15) is 13.2 Å². The van der Waals surface area contributed by atoms with Crippen molar-refractivity contribution in [2.24, 2.45) is 0 Å². The second kappa shape index (κ2) is 5.73. The molecule has 1 atom stereocenters. The first-order valence-electron chi connectivity index (χ1n) is 5.59. The summed E-state index contributed by atoms with van der Waals surface area (Å²) < 4.78 is 36.7. The van der Waals surface area contributed by atoms with Crippen LogP contribution >= 0.6 is 11.6 Å². The second-order valence-electron chi connectivity index (χ2n) is 4.12. The van der Waals surface area contributed by atoms with E-state index in [-0.39, 0.29) is 5.15 Å². The first-order chi connectivity index (χ1) is 8.23. The molecule has 0 saturated heterocycles. The molecule has 1 unspecified atom stereocenters. The molecule has 18 heavy (non-hydrogen) atoms. The monoisotopic (exact) mass is 281 g/mol. The molecule has 0 spiro atoms. The van der Waals surface area contributed by atoms with E-state index in [0.29, 0.717) is 23.6 Å². The van der Waals surface area contributed by atoms with E-state index in [2.05, 4.69) is 15.3 Å². The Kier molecular flexibility index (Phi) is 4.78. The lowest BCUT2D eigenvalue weighted by atomic mass is 10.2. The molecule has 1 heterocycles. The molecule has 3 nitrogen and oxygen atoms in total. The Morgan fingerprint density at radius 2 is 1.94 bits per heavy atom. The fourth-order valence-electron chi connectivity index (χ4n) is 1.46. The molecule has 0 aliphatic rings. The van der Waals surface area contributed by atoms with Crippen LogP contribution in [0.25, 0.3) is 0 Å². The zero-order valence-corrected chi connectivity index (χ0v) is 11.2. The van der Waals surface area contributed by atoms with Crippen molar-refractivity contribution in [1.29, 1.82) is 0 Å². The molecule has 1 aromatic rings. The van der Waals surface area contributed by atoms with Gasteiger partial charge in [-0.3, -0.25) is 0 Å². The number of anilines is 1. The molecular weight excluding hydrogens is 267 g/mol. The summed E-state index contributed by atoms with van der Waals surface area (Å²) in [6, 6.07) is -0.764. The maximum absolute atomic E-state index is 12.2. The number of halogens is 4. The molecule has 0 amide bonds. The van der Waals surface area contributed by atoms with Crippen LogP contribution in [0.1, 0.15) is 31.7 Å². The summed E-state index contributed by atoms with van der Waals surface area (Å²) in [5.74, 6) is 0.871. The zero-order chi connectivity index (χ0) is 13.9. The minimum absolute atomic E-state index is 0.267. The van der Waals surface area contributed by atoms with Crippen LogP contribution in [0.15, 0.2) is 0 Å². The summed E-state index contributed by atoms with van der Waals surface area (Å²) in [4.78, 5) is 8.17. The number of nitrogens with zero attached hydrogens (tertiary/aromatic N) is 2. The largest absolute Gasteiger partial charge is 0.391 e. The van der Waals surface area contributed by atoms with Crippen molar-refractivity contribution in [2.75, 3.05) is 5.32 Å². The van der Waals surface area contributed by atoms with Gasteiger partial charge in [0.2, 0.25) is 0 Å². The van der Waals surface area contributed by atoms with Crippen molar-refractivity contribution in [1.82, 2.24) is 9.97 Å². The molecule has 0 aliphatic heterocycles. The Morgan fingerprint density at radius 3 is 2.44 bits per heavy atom. The standard InChI is InChI=1S/C11H15ClF3N3/c1-4-8-17-9(12)7(3)10(18-8)16-6(2)5-11(13,14)15/h6H,4-5H2,1-3H3,(H,16,17,18). The lowest BCUT2D eigenvalue weighted by molar-refractivity contribution is -0.136. The lowest BCUT2D eigenvalue weighted by Crippen LogP contribution is -2.25. The highest BCUT2D eigenvalue weighted by molar-refractivity contribution is 6.30. The smallest absolute Gasteiger partial charge is 0.367 e. The molecule has 7 heteroatoms. The highest BCUT2D eigenvalue weighted by atomic mass is 35.5. The number of nitrogens with one attached hydrogen (secondary N) is 1. The number of alkyl halides is 3. The van der Waals surface area contributed by atoms with Crippen LogP contribution in [0.2, 0.25) is 5.15 Å². The Bertz CT molecular complexity index is 421. The third-order valence-electron chi connectivity index (χ3n) is 2.37. The second-order valence-corrected chi connectivity index (χ2v) is 4.48. The van der Waals surface area contributed by atoms with Crippen LogP contribution in [0.3, 0.4) is 0 Å². The van der Waals surface area contributed by atoms with Gasteiger partial charge >= 0.3 is 6.18 Å². The molecule has 1 aromatic heterocycles. The molecule has 0 saturated carbocycles. The highest BCUT2D eigenvalue weighted by Crippen LogP contribution is 2.25. The van der Waals surface area contributed by atoms with E-state index in [1.807, 2.05) is 6.92 Å². The van der Waals surface area contributed by atoms with Gasteiger partial charge < -0.3 is 5.32 Å². The Labute approximate surface area is 109 Å². The fourth-order valence-corrected chi connectivity index (χ4v) is 1.65. The number of rotatable bonds is 4. The fraction of sp³-hybridized carbons (Fsp3) is 0.636. The summed E-state index contributed by atoms with van der Waals surface area (Å²) in [6.45, 7) is 4.98. The van der Waals surface area contributed by atoms with Crippen molar-refractivity contribution in [3.63, 3.8) is 0 Å². The maximum Gasteiger partial charge on any atom is 0.391 e. The van der Waals surface area contributed by atoms with Gasteiger partial charge in [0.05, 0.1) is 6.42 Å². The third kappa shape index (κ3) is 4.33. The van der Waals surface area contributed by atoms with Crippen molar-refractivity contribution >= 4 is 17.4 Å². The van der Waals surface area contributed by atoms with Gasteiger partial charge in [-0.2, -0.15) is 13.2 Å². The molecule has 0 radical (unpaired) electrons. The molecule has 1 rings (SSSR count). The Morgan fingerprint density at radius 1 is 1.33 bits per heavy atom. The van der Waals surface area contributed by atoms with Crippen molar-refractivity contribution < 1.29 is 13.2 Å². The minimum Gasteiger partial charge on any atom is -0.367 e. The van der Waals surface area contributed by atoms with Crippen LogP contribution in [0, 0.1) is 6.92 Å². The van der Waals surface area contributed by atoms with E-state index in [1.54, 1.807) is 6.92 Å². The van der Waals surface area contributed by atoms with Gasteiger partial charge in [-0.15, -0.1) is 0 Å². The summed E-state index contributed by atoms with van der Waals surface area (Å²) >= 11 is 5.90. The van der Waals surface area contributed by atoms with Crippen LogP contribution in [0.4, 0.5) is 19.0 Å². The van der Waals surface area contributed by atoms with Crippen LogP contribution in [-0.4, -0.2) is 22.2 Å². The van der Waals surface area contributed by atoms with Gasteiger partial charge in [0, 0.05) is 18.0 Å². The first kappa shape index (κ1) is 15.0. The van der Waals surface area contributed by atoms with Crippen molar-refractivity contribution in [3.05, 3.63) is 16.5 Å². The zero-order valence-electron chi connectivity index (χ0n) is 10.4. The highest BCUT2D eigenvalue weighted by Gasteiger charge is 2.30. The first-order valence-corrected chi connectivity index (χ1v) is 5.97. The predicted molar refractivity (Wildman–Crippen MR) is 64.9 cm³/mol. The molecular formula is C11H15ClF3N3. The number of aryl methyl sites for hydroxylation is 1. The summed E-state index contributed by atoms with van der Waals surface area (Å²) in [7, 11) is 0. The van der Waals surface area contributed by atoms with Crippen LogP contribution in [0.5, 0.6) is 0 Å². The van der Waals surface area contributed by atoms with Crippen molar-refractivity contribution in [3.8, 4) is 0 Å². The van der Waals surface area contributed by atoms with E-state index in [0.717, 1.165) is 0 Å². The number of aromatic nitrogens is 2. The van der Waals surface area contributed by atoms with Gasteiger partial charge in [0.15, 0.2) is 0 Å². The van der Waals surface area contributed by atoms with Crippen LogP contribution in [-0.2, 0) is 6.42 Å². The SMILES string of the molecule is CCc1nc(Cl)c(C)c(NC(C)CC(F)(F)F)n1. The normalized spacial score (nSPS) is 13.5. The molecule has 1 N–H and O–H groups in total.